The highest BCUT2D eigenvalue weighted by Crippen LogP contribution is 2.04. The van der Waals surface area contributed by atoms with Gasteiger partial charge in [-0.1, -0.05) is 13.3 Å². The van der Waals surface area contributed by atoms with Crippen molar-refractivity contribution in [1.82, 2.24) is 19.6 Å². The molecule has 0 aliphatic heterocycles. The average Bonchev–Trinajstić information content (AvgIpc) is 2.48. The quantitative estimate of drug-likeness (QED) is 0.761. The summed E-state index contributed by atoms with van der Waals surface area (Å²) in [6, 6.07) is 1.84. The molecular weight excluding hydrogens is 180 g/mol. The second-order valence-electron chi connectivity index (χ2n) is 3.27. The zero-order valence-corrected chi connectivity index (χ0v) is 8.24. The molecule has 0 aromatic carbocycles. The molecule has 0 spiro atoms. The maximum atomic E-state index is 11.3. The molecule has 0 atom stereocenters. The van der Waals surface area contributed by atoms with Crippen LogP contribution in [0.5, 0.6) is 0 Å². The summed E-state index contributed by atoms with van der Waals surface area (Å²) in [5.74, 6) is 0.685. The Morgan fingerprint density at radius 2 is 2.36 bits per heavy atom. The third kappa shape index (κ3) is 1.30. The number of H-pyrrole nitrogens is 1. The van der Waals surface area contributed by atoms with Gasteiger partial charge in [0.05, 0.1) is 0 Å². The van der Waals surface area contributed by atoms with Gasteiger partial charge in [0.25, 0.3) is 0 Å². The monoisotopic (exact) mass is 192 g/mol. The van der Waals surface area contributed by atoms with Crippen LogP contribution in [0.4, 0.5) is 0 Å². The number of nitrogens with zero attached hydrogens (tertiary/aromatic N) is 3. The van der Waals surface area contributed by atoms with Crippen LogP contribution in [-0.2, 0) is 6.42 Å². The lowest BCUT2D eigenvalue weighted by Gasteiger charge is -2.01. The average molecular weight is 192 g/mol. The molecule has 0 saturated heterocycles. The van der Waals surface area contributed by atoms with Crippen LogP contribution in [0.3, 0.4) is 0 Å². The predicted molar refractivity (Wildman–Crippen MR) is 52.3 cm³/mol. The Morgan fingerprint density at radius 1 is 1.57 bits per heavy atom. The van der Waals surface area contributed by atoms with E-state index >= 15 is 0 Å². The van der Waals surface area contributed by atoms with E-state index in [-0.39, 0.29) is 5.69 Å². The Labute approximate surface area is 80.8 Å². The topological polar surface area (TPSA) is 63.0 Å². The van der Waals surface area contributed by atoms with Crippen molar-refractivity contribution >= 4 is 5.65 Å². The van der Waals surface area contributed by atoms with Crippen LogP contribution in [0.15, 0.2) is 10.9 Å². The minimum Gasteiger partial charge on any atom is -0.246 e. The van der Waals surface area contributed by atoms with E-state index in [2.05, 4.69) is 22.1 Å². The molecule has 0 fully saturated rings. The summed E-state index contributed by atoms with van der Waals surface area (Å²) in [5, 5.41) is 6.31. The number of fused-ring (bicyclic) bond motifs is 1. The van der Waals surface area contributed by atoms with Gasteiger partial charge >= 0.3 is 5.69 Å². The van der Waals surface area contributed by atoms with Crippen molar-refractivity contribution in [1.29, 1.82) is 0 Å². The highest BCUT2D eigenvalue weighted by atomic mass is 16.1. The Kier molecular flexibility index (Phi) is 2.07. The Balaban J connectivity index is 2.68. The van der Waals surface area contributed by atoms with Crippen molar-refractivity contribution in [2.45, 2.75) is 26.7 Å². The second kappa shape index (κ2) is 3.25. The molecule has 14 heavy (non-hydrogen) atoms. The lowest BCUT2D eigenvalue weighted by molar-refractivity contribution is 0.840. The molecule has 2 heterocycles. The molecule has 0 aliphatic carbocycles. The highest BCUT2D eigenvalue weighted by molar-refractivity contribution is 5.38. The molecule has 0 saturated carbocycles. The van der Waals surface area contributed by atoms with Crippen LogP contribution in [0, 0.1) is 6.92 Å². The minimum absolute atomic E-state index is 0.229. The molecule has 0 amide bonds. The van der Waals surface area contributed by atoms with E-state index in [1.165, 1.54) is 4.40 Å². The first-order chi connectivity index (χ1) is 6.72. The van der Waals surface area contributed by atoms with E-state index < -0.39 is 0 Å². The molecule has 0 aliphatic rings. The van der Waals surface area contributed by atoms with Gasteiger partial charge in [-0.2, -0.15) is 5.10 Å². The first-order valence-corrected chi connectivity index (χ1v) is 4.66. The Bertz CT molecular complexity index is 511. The summed E-state index contributed by atoms with van der Waals surface area (Å²) >= 11 is 0. The standard InChI is InChI=1S/C9H12N4O/c1-3-4-7-5-8-11-12-9(14)13(8)6(2)10-7/h5H,3-4H2,1-2H3,(H,12,14). The van der Waals surface area contributed by atoms with Crippen molar-refractivity contribution < 1.29 is 0 Å². The third-order valence-corrected chi connectivity index (χ3v) is 2.13. The first-order valence-electron chi connectivity index (χ1n) is 4.66. The number of hydrogen-bond donors (Lipinski definition) is 1. The molecule has 74 valence electrons. The fourth-order valence-electron chi connectivity index (χ4n) is 1.54. The number of rotatable bonds is 2. The third-order valence-electron chi connectivity index (χ3n) is 2.13. The molecular formula is C9H12N4O. The predicted octanol–water partition coefficient (Wildman–Crippen LogP) is 0.679. The number of nitrogens with one attached hydrogen (secondary N) is 1. The van der Waals surface area contributed by atoms with Crippen LogP contribution in [0.1, 0.15) is 24.9 Å². The van der Waals surface area contributed by atoms with E-state index in [9.17, 15) is 4.79 Å². The zero-order chi connectivity index (χ0) is 10.1. The number of aryl methyl sites for hydroxylation is 2. The molecule has 2 aromatic rings. The lowest BCUT2D eigenvalue weighted by atomic mass is 10.2. The van der Waals surface area contributed by atoms with Crippen LogP contribution >= 0.6 is 0 Å². The summed E-state index contributed by atoms with van der Waals surface area (Å²) < 4.78 is 1.47. The van der Waals surface area contributed by atoms with Crippen molar-refractivity contribution in [2.75, 3.05) is 0 Å². The van der Waals surface area contributed by atoms with E-state index in [1.807, 2.05) is 13.0 Å². The van der Waals surface area contributed by atoms with Crippen LogP contribution in [0.25, 0.3) is 5.65 Å². The molecule has 1 N–H and O–H groups in total. The minimum atomic E-state index is -0.229. The summed E-state index contributed by atoms with van der Waals surface area (Å²) in [7, 11) is 0. The largest absolute Gasteiger partial charge is 0.349 e. The Morgan fingerprint density at radius 3 is 3.07 bits per heavy atom. The number of aromatic nitrogens is 4. The van der Waals surface area contributed by atoms with E-state index in [0.29, 0.717) is 11.5 Å². The van der Waals surface area contributed by atoms with Crippen molar-refractivity contribution in [3.05, 3.63) is 28.1 Å². The van der Waals surface area contributed by atoms with Gasteiger partial charge in [-0.3, -0.25) is 0 Å². The summed E-state index contributed by atoms with van der Waals surface area (Å²) in [6.45, 7) is 3.90. The van der Waals surface area contributed by atoms with Gasteiger partial charge in [0.1, 0.15) is 5.82 Å². The molecule has 0 unspecified atom stereocenters. The molecule has 2 aromatic heterocycles. The summed E-state index contributed by atoms with van der Waals surface area (Å²) in [5.41, 5.74) is 1.40. The summed E-state index contributed by atoms with van der Waals surface area (Å²) in [4.78, 5) is 15.6. The highest BCUT2D eigenvalue weighted by Gasteiger charge is 2.05. The van der Waals surface area contributed by atoms with Crippen LogP contribution in [0.2, 0.25) is 0 Å². The van der Waals surface area contributed by atoms with Gasteiger partial charge in [-0.15, -0.1) is 0 Å². The van der Waals surface area contributed by atoms with Gasteiger partial charge in [0.15, 0.2) is 5.65 Å². The van der Waals surface area contributed by atoms with Crippen molar-refractivity contribution in [3.63, 3.8) is 0 Å². The number of aromatic amines is 1. The SMILES string of the molecule is CCCc1cc2n[nH]c(=O)n2c(C)n1. The van der Waals surface area contributed by atoms with Crippen LogP contribution < -0.4 is 5.69 Å². The van der Waals surface area contributed by atoms with Gasteiger partial charge in [0.2, 0.25) is 0 Å². The smallest absolute Gasteiger partial charge is 0.246 e. The van der Waals surface area contributed by atoms with Gasteiger partial charge < -0.3 is 0 Å². The van der Waals surface area contributed by atoms with Gasteiger partial charge in [-0.05, 0) is 13.3 Å². The molecule has 2 rings (SSSR count). The Hall–Kier alpha value is -1.65. The van der Waals surface area contributed by atoms with E-state index in [0.717, 1.165) is 18.5 Å². The first kappa shape index (κ1) is 8.93. The molecule has 5 nitrogen and oxygen atoms in total. The van der Waals surface area contributed by atoms with Crippen molar-refractivity contribution in [3.8, 4) is 0 Å². The molecule has 5 heteroatoms. The normalized spacial score (nSPS) is 11.0. The molecule has 0 radical (unpaired) electrons. The number of hydrogen-bond acceptors (Lipinski definition) is 3. The van der Waals surface area contributed by atoms with Gasteiger partial charge in [0, 0.05) is 11.8 Å². The van der Waals surface area contributed by atoms with Gasteiger partial charge in [-0.25, -0.2) is 19.3 Å². The maximum Gasteiger partial charge on any atom is 0.349 e. The molecule has 0 bridgehead atoms. The second-order valence-corrected chi connectivity index (χ2v) is 3.27. The fraction of sp³-hybridized carbons (Fsp3) is 0.444. The lowest BCUT2D eigenvalue weighted by Crippen LogP contribution is -2.13. The maximum absolute atomic E-state index is 11.3. The van der Waals surface area contributed by atoms with E-state index in [4.69, 9.17) is 0 Å². The zero-order valence-electron chi connectivity index (χ0n) is 8.24. The van der Waals surface area contributed by atoms with Crippen molar-refractivity contribution in [2.24, 2.45) is 0 Å². The van der Waals surface area contributed by atoms with Crippen LogP contribution in [-0.4, -0.2) is 19.6 Å². The van der Waals surface area contributed by atoms with E-state index in [1.54, 1.807) is 0 Å². The summed E-state index contributed by atoms with van der Waals surface area (Å²) in [6.07, 6.45) is 1.95. The fourth-order valence-corrected chi connectivity index (χ4v) is 1.54.